The quantitative estimate of drug-likeness (QED) is 0.207. The van der Waals surface area contributed by atoms with Gasteiger partial charge in [0.2, 0.25) is 0 Å². The Morgan fingerprint density at radius 2 is 1.00 bits per heavy atom. The maximum atomic E-state index is 2.44. The summed E-state index contributed by atoms with van der Waals surface area (Å²) in [5.41, 5.74) is 7.88. The lowest BCUT2D eigenvalue weighted by Crippen LogP contribution is -2.09. The minimum absolute atomic E-state index is 0.0299. The molecule has 8 aromatic rings. The van der Waals surface area contributed by atoms with Gasteiger partial charge in [0.05, 0.1) is 0 Å². The highest BCUT2D eigenvalue weighted by Crippen LogP contribution is 2.55. The third kappa shape index (κ3) is 3.07. The van der Waals surface area contributed by atoms with Crippen molar-refractivity contribution in [2.75, 3.05) is 0 Å². The second-order valence-electron chi connectivity index (χ2n) is 12.6. The van der Waals surface area contributed by atoms with Crippen molar-refractivity contribution >= 4 is 66.0 Å². The lowest BCUT2D eigenvalue weighted by atomic mass is 9.86. The molecule has 0 heteroatoms. The summed E-state index contributed by atoms with van der Waals surface area (Å²) in [5, 5.41) is 14.9. The fourth-order valence-electron chi connectivity index (χ4n) is 7.82. The van der Waals surface area contributed by atoms with E-state index in [0.717, 1.165) is 0 Å². The number of hydrogen-bond acceptors (Lipinski definition) is 0. The Balaban J connectivity index is 1.70. The summed E-state index contributed by atoms with van der Waals surface area (Å²) in [6.07, 6.45) is 7.25. The van der Waals surface area contributed by atoms with Crippen LogP contribution >= 0.6 is 0 Å². The molecular weight excluding hydrogens is 504 g/mol. The van der Waals surface area contributed by atoms with Crippen molar-refractivity contribution in [1.82, 2.24) is 0 Å². The molecule has 0 nitrogen and oxygen atoms in total. The Morgan fingerprint density at radius 3 is 1.69 bits per heavy atom. The second-order valence-corrected chi connectivity index (χ2v) is 12.6. The fourth-order valence-corrected chi connectivity index (χ4v) is 7.82. The summed E-state index contributed by atoms with van der Waals surface area (Å²) >= 11 is 0. The third-order valence-electron chi connectivity index (χ3n) is 9.53. The third-order valence-corrected chi connectivity index (χ3v) is 9.53. The number of allylic oxidation sites excluding steroid dienone is 1. The van der Waals surface area contributed by atoms with E-state index in [1.807, 2.05) is 0 Å². The number of hydrogen-bond donors (Lipinski definition) is 0. The molecule has 0 aromatic heterocycles. The zero-order valence-corrected chi connectivity index (χ0v) is 24.1. The predicted octanol–water partition coefficient (Wildman–Crippen LogP) is 11.1. The molecule has 0 amide bonds. The molecule has 0 bridgehead atoms. The fraction of sp³-hybridized carbons (Fsp3) is 0.0952. The number of benzene rings is 6. The minimum Gasteiger partial charge on any atom is -0.0744 e. The van der Waals surface area contributed by atoms with Gasteiger partial charge in [-0.05, 0) is 99.4 Å². The van der Waals surface area contributed by atoms with Gasteiger partial charge in [0.15, 0.2) is 0 Å². The summed E-state index contributed by atoms with van der Waals surface area (Å²) < 4.78 is 0. The van der Waals surface area contributed by atoms with Gasteiger partial charge in [0, 0.05) is 5.41 Å². The zero-order chi connectivity index (χ0) is 28.2. The molecule has 0 radical (unpaired) electrons. The number of aryl methyl sites for hydroxylation is 1. The molecule has 198 valence electrons. The molecule has 0 saturated carbocycles. The monoisotopic (exact) mass is 534 g/mol. The molecule has 0 atom stereocenters. The van der Waals surface area contributed by atoms with Crippen molar-refractivity contribution in [3.8, 4) is 22.3 Å². The van der Waals surface area contributed by atoms with Gasteiger partial charge in [-0.25, -0.2) is 0 Å². The Kier molecular flexibility index (Phi) is 4.69. The van der Waals surface area contributed by atoms with Gasteiger partial charge < -0.3 is 0 Å². The van der Waals surface area contributed by atoms with E-state index in [0.29, 0.717) is 0 Å². The first-order valence-corrected chi connectivity index (χ1v) is 15.0. The van der Waals surface area contributed by atoms with E-state index in [4.69, 9.17) is 0 Å². The summed E-state index contributed by atoms with van der Waals surface area (Å²) in [6.45, 7) is 6.85. The van der Waals surface area contributed by atoms with E-state index in [1.54, 1.807) is 0 Å². The van der Waals surface area contributed by atoms with Gasteiger partial charge >= 0.3 is 0 Å². The molecule has 1 aliphatic carbocycles. The largest absolute Gasteiger partial charge is 0.0744 e. The van der Waals surface area contributed by atoms with Crippen molar-refractivity contribution in [2.45, 2.75) is 20.8 Å². The molecule has 0 fully saturated rings. The first-order valence-electron chi connectivity index (χ1n) is 15.0. The van der Waals surface area contributed by atoms with Crippen LogP contribution in [0.4, 0.5) is 0 Å². The molecule has 8 aromatic carbocycles. The Hall–Kier alpha value is -4.94. The van der Waals surface area contributed by atoms with Crippen molar-refractivity contribution in [3.63, 3.8) is 0 Å². The van der Waals surface area contributed by atoms with Gasteiger partial charge in [-0.1, -0.05) is 141 Å². The molecule has 9 rings (SSSR count). The van der Waals surface area contributed by atoms with Crippen LogP contribution in [0, 0.1) is 12.3 Å². The molecule has 42 heavy (non-hydrogen) atoms. The van der Waals surface area contributed by atoms with Crippen molar-refractivity contribution in [1.29, 1.82) is 0 Å². The highest BCUT2D eigenvalue weighted by Gasteiger charge is 2.28. The highest BCUT2D eigenvalue weighted by atomic mass is 14.3. The molecule has 1 aliphatic rings. The Bertz CT molecular complexity index is 2460. The normalized spacial score (nSPS) is 14.4. The predicted molar refractivity (Wildman–Crippen MR) is 183 cm³/mol. The van der Waals surface area contributed by atoms with E-state index in [2.05, 4.69) is 148 Å². The minimum atomic E-state index is -0.0299. The van der Waals surface area contributed by atoms with E-state index < -0.39 is 0 Å². The van der Waals surface area contributed by atoms with E-state index in [-0.39, 0.29) is 5.41 Å². The molecule has 0 N–H and O–H groups in total. The van der Waals surface area contributed by atoms with Crippen LogP contribution in [0.3, 0.4) is 0 Å². The average molecular weight is 535 g/mol. The summed E-state index contributed by atoms with van der Waals surface area (Å²) in [7, 11) is 0. The van der Waals surface area contributed by atoms with E-state index in [9.17, 15) is 0 Å². The average Bonchev–Trinajstić information content (AvgIpc) is 3.47. The van der Waals surface area contributed by atoms with Crippen LogP contribution in [0.5, 0.6) is 0 Å². The SMILES string of the molecule is Cc1ccc2c3c(-c4ccccc4)c4c5c6c(cccc6c4c(-c4ccccc4)c3c3cccc1c23)=CC(C)(C)C=C5. The molecular formula is C42H30. The summed E-state index contributed by atoms with van der Waals surface area (Å²) in [4.78, 5) is 0. The van der Waals surface area contributed by atoms with Crippen LogP contribution in [-0.2, 0) is 0 Å². The van der Waals surface area contributed by atoms with Crippen molar-refractivity contribution in [2.24, 2.45) is 5.41 Å². The van der Waals surface area contributed by atoms with E-state index >= 15 is 0 Å². The van der Waals surface area contributed by atoms with Crippen molar-refractivity contribution < 1.29 is 0 Å². The zero-order valence-electron chi connectivity index (χ0n) is 24.1. The molecule has 0 aliphatic heterocycles. The lowest BCUT2D eigenvalue weighted by molar-refractivity contribution is 0.674. The standard InChI is InChI=1S/C42H30/c1-25-20-21-32-37-29(25)17-11-19-31(37)39-35(26-12-6-4-7-13-26)38-30-18-10-16-28-24-42(2,3)23-22-33(34(28)30)41(38)36(40(32)39)27-14-8-5-9-15-27/h4-24H,1-3H3. The van der Waals surface area contributed by atoms with Crippen LogP contribution < -0.4 is 5.22 Å². The summed E-state index contributed by atoms with van der Waals surface area (Å²) in [6, 6.07) is 40.7. The van der Waals surface area contributed by atoms with Gasteiger partial charge in [-0.15, -0.1) is 0 Å². The van der Waals surface area contributed by atoms with E-state index in [1.165, 1.54) is 92.5 Å². The number of rotatable bonds is 2. The first kappa shape index (κ1) is 23.7. The van der Waals surface area contributed by atoms with Gasteiger partial charge in [-0.2, -0.15) is 0 Å². The molecule has 0 heterocycles. The highest BCUT2D eigenvalue weighted by molar-refractivity contribution is 6.43. The topological polar surface area (TPSA) is 0 Å². The van der Waals surface area contributed by atoms with Gasteiger partial charge in [0.25, 0.3) is 0 Å². The second kappa shape index (κ2) is 8.30. The summed E-state index contributed by atoms with van der Waals surface area (Å²) in [5.74, 6) is 0. The maximum absolute atomic E-state index is 2.44. The van der Waals surface area contributed by atoms with Crippen LogP contribution in [0.1, 0.15) is 25.0 Å². The smallest absolute Gasteiger partial charge is 0.00169 e. The number of fused-ring (bicyclic) bond motifs is 6. The Labute approximate surface area is 245 Å². The molecule has 0 unspecified atom stereocenters. The van der Waals surface area contributed by atoms with Gasteiger partial charge in [-0.3, -0.25) is 0 Å². The van der Waals surface area contributed by atoms with Gasteiger partial charge in [0.1, 0.15) is 0 Å². The lowest BCUT2D eigenvalue weighted by Gasteiger charge is -2.16. The molecule has 0 saturated heterocycles. The Morgan fingerprint density at radius 1 is 0.452 bits per heavy atom. The van der Waals surface area contributed by atoms with Crippen LogP contribution in [0.25, 0.3) is 88.3 Å². The molecule has 0 spiro atoms. The maximum Gasteiger partial charge on any atom is 0.00169 e. The van der Waals surface area contributed by atoms with Crippen LogP contribution in [0.15, 0.2) is 115 Å². The van der Waals surface area contributed by atoms with Crippen LogP contribution in [-0.4, -0.2) is 0 Å². The first-order chi connectivity index (χ1) is 20.5. The van der Waals surface area contributed by atoms with Crippen molar-refractivity contribution in [3.05, 3.63) is 132 Å². The van der Waals surface area contributed by atoms with Crippen LogP contribution in [0.2, 0.25) is 0 Å².